The molecule has 0 amide bonds. The quantitative estimate of drug-likeness (QED) is 0.825. The molecule has 0 bridgehead atoms. The molecule has 0 aliphatic rings. The molecule has 0 saturated heterocycles. The van der Waals surface area contributed by atoms with Gasteiger partial charge in [-0.05, 0) is 18.2 Å². The van der Waals surface area contributed by atoms with E-state index in [1.807, 2.05) is 0 Å². The highest BCUT2D eigenvalue weighted by Gasteiger charge is 2.12. The molecule has 0 aromatic heterocycles. The minimum atomic E-state index is -3.52. The Morgan fingerprint density at radius 1 is 1.24 bits per heavy atom. The summed E-state index contributed by atoms with van der Waals surface area (Å²) in [4.78, 5) is 0.0589. The average molecular weight is 298 g/mol. The smallest absolute Gasteiger partial charge is 0.233 e. The van der Waals surface area contributed by atoms with Crippen LogP contribution in [0.15, 0.2) is 29.2 Å². The Balaban J connectivity index is 3.03. The van der Waals surface area contributed by atoms with Crippen LogP contribution in [0.4, 0.5) is 5.69 Å². The summed E-state index contributed by atoms with van der Waals surface area (Å²) in [5.74, 6) is -0.251. The van der Waals surface area contributed by atoms with Crippen LogP contribution < -0.4 is 4.72 Å². The van der Waals surface area contributed by atoms with Crippen molar-refractivity contribution < 1.29 is 16.8 Å². The maximum atomic E-state index is 11.4. The van der Waals surface area contributed by atoms with Crippen LogP contribution in [-0.2, 0) is 19.9 Å². The van der Waals surface area contributed by atoms with Gasteiger partial charge < -0.3 is 0 Å². The molecule has 0 heterocycles. The standard InChI is InChI=1S/C9H12ClNO4S2/c1-16(12,13)9-4-2-3-8(7-9)11-17(14,15)6-5-10/h2-4,7,11H,5-6H2,1H3. The number of rotatable bonds is 5. The van der Waals surface area contributed by atoms with Crippen LogP contribution in [-0.4, -0.2) is 34.7 Å². The first-order valence-electron chi connectivity index (χ1n) is 4.61. The van der Waals surface area contributed by atoms with Gasteiger partial charge in [-0.25, -0.2) is 16.8 Å². The predicted octanol–water partition coefficient (Wildman–Crippen LogP) is 1.07. The van der Waals surface area contributed by atoms with Gasteiger partial charge in [0.05, 0.1) is 10.6 Å². The number of sulfonamides is 1. The molecule has 0 aliphatic heterocycles. The Hall–Kier alpha value is -0.790. The molecule has 8 heteroatoms. The van der Waals surface area contributed by atoms with Gasteiger partial charge in [0.15, 0.2) is 9.84 Å². The van der Waals surface area contributed by atoms with Crippen LogP contribution in [0.3, 0.4) is 0 Å². The van der Waals surface area contributed by atoms with E-state index >= 15 is 0 Å². The fourth-order valence-electron chi connectivity index (χ4n) is 1.12. The van der Waals surface area contributed by atoms with Gasteiger partial charge in [0.25, 0.3) is 0 Å². The van der Waals surface area contributed by atoms with Crippen molar-refractivity contribution in [2.75, 3.05) is 22.6 Å². The largest absolute Gasteiger partial charge is 0.283 e. The Morgan fingerprint density at radius 3 is 2.41 bits per heavy atom. The van der Waals surface area contributed by atoms with E-state index in [1.165, 1.54) is 24.3 Å². The third-order valence-electron chi connectivity index (χ3n) is 1.88. The van der Waals surface area contributed by atoms with Gasteiger partial charge in [0, 0.05) is 17.8 Å². The number of nitrogens with one attached hydrogen (secondary N) is 1. The van der Waals surface area contributed by atoms with Crippen molar-refractivity contribution >= 4 is 37.1 Å². The van der Waals surface area contributed by atoms with Crippen LogP contribution >= 0.6 is 11.6 Å². The SMILES string of the molecule is CS(=O)(=O)c1cccc(NS(=O)(=O)CCCl)c1. The summed E-state index contributed by atoms with van der Waals surface area (Å²) in [7, 11) is -6.88. The van der Waals surface area contributed by atoms with Crippen molar-refractivity contribution in [1.82, 2.24) is 0 Å². The Kier molecular flexibility index (Phi) is 4.40. The summed E-state index contributed by atoms with van der Waals surface area (Å²) in [6, 6.07) is 5.60. The number of sulfone groups is 1. The number of hydrogen-bond acceptors (Lipinski definition) is 4. The molecule has 0 radical (unpaired) electrons. The summed E-state index contributed by atoms with van der Waals surface area (Å²) >= 11 is 5.34. The Morgan fingerprint density at radius 2 is 1.88 bits per heavy atom. The lowest BCUT2D eigenvalue weighted by molar-refractivity contribution is 0.599. The van der Waals surface area contributed by atoms with E-state index in [0.717, 1.165) is 6.26 Å². The van der Waals surface area contributed by atoms with Gasteiger partial charge >= 0.3 is 0 Å². The second-order valence-corrected chi connectivity index (χ2v) is 7.65. The van der Waals surface area contributed by atoms with Crippen LogP contribution in [0.25, 0.3) is 0 Å². The zero-order valence-electron chi connectivity index (χ0n) is 9.05. The fourth-order valence-corrected chi connectivity index (χ4v) is 3.19. The highest BCUT2D eigenvalue weighted by atomic mass is 35.5. The minimum absolute atomic E-state index is 0.0267. The first kappa shape index (κ1) is 14.3. The van der Waals surface area contributed by atoms with Crippen molar-refractivity contribution in [2.45, 2.75) is 4.90 Å². The number of benzene rings is 1. The lowest BCUT2D eigenvalue weighted by atomic mass is 10.3. The van der Waals surface area contributed by atoms with Crippen molar-refractivity contribution in [3.63, 3.8) is 0 Å². The van der Waals surface area contributed by atoms with E-state index in [4.69, 9.17) is 11.6 Å². The van der Waals surface area contributed by atoms with Gasteiger partial charge in [-0.15, -0.1) is 11.6 Å². The van der Waals surface area contributed by atoms with Crippen molar-refractivity contribution in [3.8, 4) is 0 Å². The first-order valence-corrected chi connectivity index (χ1v) is 8.69. The number of halogens is 1. The second-order valence-electron chi connectivity index (χ2n) is 3.41. The van der Waals surface area contributed by atoms with Gasteiger partial charge in [0.2, 0.25) is 10.0 Å². The molecule has 0 saturated carbocycles. The van der Waals surface area contributed by atoms with E-state index in [1.54, 1.807) is 0 Å². The molecule has 1 N–H and O–H groups in total. The summed E-state index contributed by atoms with van der Waals surface area (Å²) in [6.07, 6.45) is 1.05. The molecule has 0 fully saturated rings. The van der Waals surface area contributed by atoms with E-state index in [0.29, 0.717) is 0 Å². The minimum Gasteiger partial charge on any atom is -0.283 e. The lowest BCUT2D eigenvalue weighted by Gasteiger charge is -2.07. The van der Waals surface area contributed by atoms with E-state index in [9.17, 15) is 16.8 Å². The summed E-state index contributed by atoms with van der Waals surface area (Å²) < 4.78 is 47.6. The van der Waals surface area contributed by atoms with Crippen LogP contribution in [0.5, 0.6) is 0 Å². The van der Waals surface area contributed by atoms with Crippen LogP contribution in [0.2, 0.25) is 0 Å². The molecular formula is C9H12ClNO4S2. The predicted molar refractivity (Wildman–Crippen MR) is 67.7 cm³/mol. The maximum absolute atomic E-state index is 11.4. The monoisotopic (exact) mass is 297 g/mol. The van der Waals surface area contributed by atoms with Crippen LogP contribution in [0, 0.1) is 0 Å². The summed E-state index contributed by atoms with van der Waals surface area (Å²) in [5.41, 5.74) is 0.207. The molecule has 1 aromatic carbocycles. The molecule has 0 unspecified atom stereocenters. The zero-order chi connectivity index (χ0) is 13.1. The maximum Gasteiger partial charge on any atom is 0.233 e. The molecule has 0 spiro atoms. The normalized spacial score (nSPS) is 12.4. The average Bonchev–Trinajstić information content (AvgIpc) is 2.15. The van der Waals surface area contributed by atoms with Gasteiger partial charge in [0.1, 0.15) is 0 Å². The molecule has 5 nitrogen and oxygen atoms in total. The van der Waals surface area contributed by atoms with Gasteiger partial charge in [-0.2, -0.15) is 0 Å². The van der Waals surface area contributed by atoms with Crippen molar-refractivity contribution in [1.29, 1.82) is 0 Å². The van der Waals surface area contributed by atoms with Gasteiger partial charge in [-0.3, -0.25) is 4.72 Å². The molecule has 1 aromatic rings. The van der Waals surface area contributed by atoms with E-state index < -0.39 is 19.9 Å². The first-order chi connectivity index (χ1) is 7.74. The Labute approximate surface area is 106 Å². The summed E-state index contributed by atoms with van der Waals surface area (Å²) in [5, 5.41) is 0. The third-order valence-corrected chi connectivity index (χ3v) is 4.69. The molecule has 0 atom stereocenters. The van der Waals surface area contributed by atoms with Crippen LogP contribution in [0.1, 0.15) is 0 Å². The summed E-state index contributed by atoms with van der Waals surface area (Å²) in [6.45, 7) is 0. The zero-order valence-corrected chi connectivity index (χ0v) is 11.4. The fraction of sp³-hybridized carbons (Fsp3) is 0.333. The molecule has 17 heavy (non-hydrogen) atoms. The molecule has 0 aliphatic carbocycles. The lowest BCUT2D eigenvalue weighted by Crippen LogP contribution is -2.17. The van der Waals surface area contributed by atoms with Crippen molar-refractivity contribution in [2.24, 2.45) is 0 Å². The highest BCUT2D eigenvalue weighted by Crippen LogP contribution is 2.16. The van der Waals surface area contributed by atoms with Gasteiger partial charge in [-0.1, -0.05) is 6.07 Å². The third kappa shape index (κ3) is 4.53. The highest BCUT2D eigenvalue weighted by molar-refractivity contribution is 7.92. The number of hydrogen-bond donors (Lipinski definition) is 1. The number of alkyl halides is 1. The molecule has 96 valence electrons. The van der Waals surface area contributed by atoms with Crippen molar-refractivity contribution in [3.05, 3.63) is 24.3 Å². The van der Waals surface area contributed by atoms with E-state index in [2.05, 4.69) is 4.72 Å². The molecular weight excluding hydrogens is 286 g/mol. The topological polar surface area (TPSA) is 80.3 Å². The van der Waals surface area contributed by atoms with E-state index in [-0.39, 0.29) is 22.2 Å². The number of anilines is 1. The Bertz CT molecular complexity index is 595. The second kappa shape index (κ2) is 5.24. The molecule has 1 rings (SSSR count).